The highest BCUT2D eigenvalue weighted by molar-refractivity contribution is 7.88. The Morgan fingerprint density at radius 3 is 2.28 bits per heavy atom. The molecule has 39 heavy (non-hydrogen) atoms. The van der Waals surface area contributed by atoms with Crippen LogP contribution >= 0.6 is 0 Å². The lowest BCUT2D eigenvalue weighted by Gasteiger charge is -2.09. The molecule has 0 spiro atoms. The monoisotopic (exact) mass is 566 g/mol. The Morgan fingerprint density at radius 2 is 1.62 bits per heavy atom. The van der Waals surface area contributed by atoms with Crippen molar-refractivity contribution in [2.45, 2.75) is 19.1 Å². The third-order valence-electron chi connectivity index (χ3n) is 5.31. The second kappa shape index (κ2) is 12.8. The summed E-state index contributed by atoms with van der Waals surface area (Å²) in [5.41, 5.74) is 5.63. The van der Waals surface area contributed by atoms with Crippen molar-refractivity contribution < 1.29 is 35.9 Å². The number of nitrogens with one attached hydrogen (secondary N) is 3. The molecule has 0 amide bonds. The molecule has 0 unspecified atom stereocenters. The van der Waals surface area contributed by atoms with E-state index in [1.54, 1.807) is 6.07 Å². The molecule has 0 atom stereocenters. The summed E-state index contributed by atoms with van der Waals surface area (Å²) in [4.78, 5) is 16.7. The molecule has 0 aliphatic rings. The van der Waals surface area contributed by atoms with Gasteiger partial charge in [-0.15, -0.1) is 0 Å². The van der Waals surface area contributed by atoms with Crippen molar-refractivity contribution in [2.75, 3.05) is 19.3 Å². The third kappa shape index (κ3) is 9.46. The summed E-state index contributed by atoms with van der Waals surface area (Å²) in [7, 11) is -3.13. The molecule has 4 rings (SSSR count). The first kappa shape index (κ1) is 29.7. The van der Waals surface area contributed by atoms with Gasteiger partial charge in [-0.25, -0.2) is 27.3 Å². The number of aromatic nitrogens is 2. The van der Waals surface area contributed by atoms with E-state index >= 15 is 0 Å². The second-order valence-electron chi connectivity index (χ2n) is 8.53. The molecule has 4 aromatic rings. The van der Waals surface area contributed by atoms with E-state index in [1.165, 1.54) is 12.1 Å². The number of hydrogen-bond acceptors (Lipinski definition) is 5. The normalized spacial score (nSPS) is 11.7. The van der Waals surface area contributed by atoms with E-state index < -0.39 is 22.2 Å². The van der Waals surface area contributed by atoms with E-state index in [9.17, 15) is 26.0 Å². The van der Waals surface area contributed by atoms with Crippen LogP contribution in [0.15, 0.2) is 66.7 Å². The summed E-state index contributed by atoms with van der Waals surface area (Å²) in [6.07, 6.45) is -3.20. The first-order valence-electron chi connectivity index (χ1n) is 11.6. The average molecular weight is 567 g/mol. The van der Waals surface area contributed by atoms with Gasteiger partial charge in [-0.05, 0) is 60.0 Å². The fourth-order valence-electron chi connectivity index (χ4n) is 3.53. The molecule has 1 heterocycles. The van der Waals surface area contributed by atoms with E-state index in [0.29, 0.717) is 24.4 Å². The van der Waals surface area contributed by atoms with Crippen LogP contribution in [-0.4, -0.2) is 55.0 Å². The molecule has 0 radical (unpaired) electrons. The van der Waals surface area contributed by atoms with Crippen molar-refractivity contribution in [1.82, 2.24) is 20.0 Å². The first-order valence-corrected chi connectivity index (χ1v) is 13.5. The van der Waals surface area contributed by atoms with Crippen LogP contribution in [0, 0.1) is 5.82 Å². The molecule has 0 saturated heterocycles. The zero-order valence-electron chi connectivity index (χ0n) is 20.7. The van der Waals surface area contributed by atoms with Gasteiger partial charge in [0.05, 0.1) is 17.3 Å². The number of sulfonamides is 1. The fraction of sp³-hybridized carbons (Fsp3) is 0.231. The van der Waals surface area contributed by atoms with Crippen LogP contribution in [0.2, 0.25) is 0 Å². The minimum Gasteiger partial charge on any atom is -0.475 e. The number of carboxylic acid groups (broad SMARTS) is 1. The van der Waals surface area contributed by atoms with Crippen molar-refractivity contribution in [1.29, 1.82) is 0 Å². The van der Waals surface area contributed by atoms with Crippen LogP contribution in [0.3, 0.4) is 0 Å². The number of H-pyrrole nitrogens is 1. The minimum atomic E-state index is -5.08. The van der Waals surface area contributed by atoms with E-state index in [-0.39, 0.29) is 5.82 Å². The lowest BCUT2D eigenvalue weighted by atomic mass is 10.0. The Labute approximate surface area is 222 Å². The van der Waals surface area contributed by atoms with Gasteiger partial charge in [-0.3, -0.25) is 0 Å². The lowest BCUT2D eigenvalue weighted by molar-refractivity contribution is -0.192. The smallest absolute Gasteiger partial charge is 0.475 e. The van der Waals surface area contributed by atoms with Crippen LogP contribution in [0.5, 0.6) is 0 Å². The molecule has 0 aliphatic heterocycles. The topological polar surface area (TPSA) is 124 Å². The number of halogens is 4. The molecule has 0 fully saturated rings. The van der Waals surface area contributed by atoms with Gasteiger partial charge in [0.25, 0.3) is 0 Å². The zero-order valence-corrected chi connectivity index (χ0v) is 21.5. The number of carbonyl (C=O) groups is 1. The molecule has 208 valence electrons. The van der Waals surface area contributed by atoms with Crippen LogP contribution in [0.4, 0.5) is 17.6 Å². The van der Waals surface area contributed by atoms with Gasteiger partial charge in [0.1, 0.15) is 11.6 Å². The summed E-state index contributed by atoms with van der Waals surface area (Å²) in [6.45, 7) is 1.84. The molecular formula is C26H26F4N4O4S. The number of rotatable bonds is 9. The van der Waals surface area contributed by atoms with Gasteiger partial charge in [0.15, 0.2) is 0 Å². The number of hydrogen-bond donors (Lipinski definition) is 4. The Morgan fingerprint density at radius 1 is 0.974 bits per heavy atom. The molecule has 13 heteroatoms. The summed E-state index contributed by atoms with van der Waals surface area (Å²) in [5, 5.41) is 10.5. The van der Waals surface area contributed by atoms with Crippen LogP contribution in [-0.2, 0) is 21.4 Å². The second-order valence-corrected chi connectivity index (χ2v) is 10.4. The number of aliphatic carboxylic acids is 1. The van der Waals surface area contributed by atoms with Crippen LogP contribution < -0.4 is 10.0 Å². The predicted octanol–water partition coefficient (Wildman–Crippen LogP) is 4.70. The highest BCUT2D eigenvalue weighted by atomic mass is 32.2. The van der Waals surface area contributed by atoms with Gasteiger partial charge in [-0.1, -0.05) is 36.4 Å². The van der Waals surface area contributed by atoms with Gasteiger partial charge >= 0.3 is 12.1 Å². The molecule has 1 aromatic heterocycles. The Bertz CT molecular complexity index is 1540. The molecule has 0 aliphatic carbocycles. The van der Waals surface area contributed by atoms with Gasteiger partial charge in [0, 0.05) is 18.7 Å². The maximum absolute atomic E-state index is 13.5. The van der Waals surface area contributed by atoms with Crippen molar-refractivity contribution in [3.8, 4) is 22.5 Å². The van der Waals surface area contributed by atoms with Crippen molar-refractivity contribution in [2.24, 2.45) is 0 Å². The summed E-state index contributed by atoms with van der Waals surface area (Å²) >= 11 is 0. The molecule has 3 aromatic carbocycles. The molecule has 0 bridgehead atoms. The Kier molecular flexibility index (Phi) is 9.78. The number of fused-ring (bicyclic) bond motifs is 1. The molecule has 4 N–H and O–H groups in total. The average Bonchev–Trinajstić information content (AvgIpc) is 3.29. The predicted molar refractivity (Wildman–Crippen MR) is 140 cm³/mol. The maximum atomic E-state index is 13.5. The SMILES string of the molecule is CS(=O)(=O)NCCCNCc1cccc(-c2cccc(-c3nc4ccc(F)cc4[nH]3)c2)c1.O=C(O)C(F)(F)F. The number of alkyl halides is 3. The third-order valence-corrected chi connectivity index (χ3v) is 6.03. The number of imidazole rings is 1. The van der Waals surface area contributed by atoms with Crippen LogP contribution in [0.1, 0.15) is 12.0 Å². The quantitative estimate of drug-likeness (QED) is 0.172. The molecule has 8 nitrogen and oxygen atoms in total. The van der Waals surface area contributed by atoms with Crippen molar-refractivity contribution >= 4 is 27.0 Å². The summed E-state index contributed by atoms with van der Waals surface area (Å²) < 4.78 is 69.9. The van der Waals surface area contributed by atoms with E-state index in [0.717, 1.165) is 47.0 Å². The largest absolute Gasteiger partial charge is 0.490 e. The number of nitrogens with zero attached hydrogens (tertiary/aromatic N) is 1. The Hall–Kier alpha value is -3.81. The van der Waals surface area contributed by atoms with Crippen molar-refractivity contribution in [3.05, 3.63) is 78.1 Å². The van der Waals surface area contributed by atoms with E-state index in [4.69, 9.17) is 9.90 Å². The Balaban J connectivity index is 0.000000532. The van der Waals surface area contributed by atoms with E-state index in [2.05, 4.69) is 50.3 Å². The maximum Gasteiger partial charge on any atom is 0.490 e. The number of carboxylic acids is 1. The van der Waals surface area contributed by atoms with Gasteiger partial charge in [0.2, 0.25) is 10.0 Å². The molecule has 0 saturated carbocycles. The van der Waals surface area contributed by atoms with Gasteiger partial charge < -0.3 is 15.4 Å². The molecular weight excluding hydrogens is 540 g/mol. The highest BCUT2D eigenvalue weighted by Crippen LogP contribution is 2.27. The highest BCUT2D eigenvalue weighted by Gasteiger charge is 2.38. The lowest BCUT2D eigenvalue weighted by Crippen LogP contribution is -2.26. The summed E-state index contributed by atoms with van der Waals surface area (Å²) in [6, 6.07) is 20.9. The standard InChI is InChI=1S/C24H25FN4O2S.C2HF3O2/c1-32(30,31)27-12-4-11-26-16-17-5-2-6-18(13-17)19-7-3-8-20(14-19)24-28-22-10-9-21(25)15-23(22)29-24;3-2(4,5)1(6)7/h2-3,5-10,13-15,26-27H,4,11-12,16H2,1H3,(H,28,29);(H,6,7). The number of aromatic amines is 1. The zero-order chi connectivity index (χ0) is 28.6. The minimum absolute atomic E-state index is 0.293. The fourth-order valence-corrected chi connectivity index (χ4v) is 4.04. The van der Waals surface area contributed by atoms with E-state index in [1.807, 2.05) is 18.2 Å². The number of benzene rings is 3. The summed E-state index contributed by atoms with van der Waals surface area (Å²) in [5.74, 6) is -2.35. The first-order chi connectivity index (χ1) is 18.3. The van der Waals surface area contributed by atoms with Crippen LogP contribution in [0.25, 0.3) is 33.5 Å². The van der Waals surface area contributed by atoms with Gasteiger partial charge in [-0.2, -0.15) is 13.2 Å². The van der Waals surface area contributed by atoms with Crippen molar-refractivity contribution in [3.63, 3.8) is 0 Å².